The van der Waals surface area contributed by atoms with Crippen molar-refractivity contribution in [3.63, 3.8) is 0 Å². The van der Waals surface area contributed by atoms with Gasteiger partial charge in [-0.25, -0.2) is 0 Å². The molecule has 0 saturated carbocycles. The number of ether oxygens (including phenoxy) is 4. The lowest BCUT2D eigenvalue weighted by atomic mass is 9.94. The summed E-state index contributed by atoms with van der Waals surface area (Å²) in [4.78, 5) is 55.1. The van der Waals surface area contributed by atoms with E-state index in [0.717, 1.165) is 115 Å². The van der Waals surface area contributed by atoms with Crippen LogP contribution in [0.15, 0.2) is 0 Å². The number of carbonyl (C=O) groups is 4. The van der Waals surface area contributed by atoms with E-state index in [0.29, 0.717) is 75.8 Å². The fourth-order valence-electron chi connectivity index (χ4n) is 11.4. The molecule has 78 heavy (non-hydrogen) atoms. The summed E-state index contributed by atoms with van der Waals surface area (Å²) in [5, 5.41) is 0. The highest BCUT2D eigenvalue weighted by Crippen LogP contribution is 2.27. The van der Waals surface area contributed by atoms with E-state index in [1.165, 1.54) is 180 Å². The second-order valence-electron chi connectivity index (χ2n) is 24.0. The number of piperidine rings is 2. The Morgan fingerprint density at radius 2 is 0.641 bits per heavy atom. The van der Waals surface area contributed by atoms with Gasteiger partial charge >= 0.3 is 23.9 Å². The molecular formula is C66H124N2O8S2. The lowest BCUT2D eigenvalue weighted by Crippen LogP contribution is -2.36. The second kappa shape index (κ2) is 53.5. The third kappa shape index (κ3) is 44.1. The van der Waals surface area contributed by atoms with Gasteiger partial charge in [-0.1, -0.05) is 203 Å². The lowest BCUT2D eigenvalue weighted by molar-refractivity contribution is -0.146. The van der Waals surface area contributed by atoms with Gasteiger partial charge in [0, 0.05) is 50.3 Å². The summed E-state index contributed by atoms with van der Waals surface area (Å²) in [5.41, 5.74) is 0. The quantitative estimate of drug-likeness (QED) is 0.0250. The summed E-state index contributed by atoms with van der Waals surface area (Å²) in [6.07, 6.45) is 46.3. The highest BCUT2D eigenvalue weighted by Gasteiger charge is 2.22. The Labute approximate surface area is 489 Å². The standard InChI is InChI=1S/C66H124N2O8S2/c1-5-9-13-17-19-27-35-61(33-25-15-11-7-3)57-75-65(71)39-31-23-21-29-37-63(69)73-53-45-59-41-47-67(48-42-59)51-55-77-78-56-52-68-49-43-60(44-50-68)46-54-74-64(70)38-30-22-24-32-40-66(72)76-58-62(34-26-16-12-8-4)36-28-20-18-14-10-6-2/h59-62H,5-58H2,1-4H3. The average molecular weight is 1140 g/mol. The van der Waals surface area contributed by atoms with Gasteiger partial charge in [0.1, 0.15) is 0 Å². The maximum absolute atomic E-state index is 12.5. The fraction of sp³-hybridized carbons (Fsp3) is 0.939. The van der Waals surface area contributed by atoms with Crippen LogP contribution in [0.4, 0.5) is 0 Å². The number of nitrogens with zero attached hydrogens (tertiary/aromatic N) is 2. The van der Waals surface area contributed by atoms with E-state index in [-0.39, 0.29) is 23.9 Å². The smallest absolute Gasteiger partial charge is 0.305 e. The van der Waals surface area contributed by atoms with Crippen molar-refractivity contribution in [2.75, 3.05) is 77.2 Å². The normalized spacial score (nSPS) is 15.6. The van der Waals surface area contributed by atoms with E-state index < -0.39 is 0 Å². The maximum Gasteiger partial charge on any atom is 0.305 e. The topological polar surface area (TPSA) is 112 Å². The van der Waals surface area contributed by atoms with Crippen LogP contribution < -0.4 is 0 Å². The molecule has 2 aliphatic heterocycles. The first-order chi connectivity index (χ1) is 38.3. The zero-order valence-electron chi connectivity index (χ0n) is 51.5. The van der Waals surface area contributed by atoms with Crippen LogP contribution >= 0.6 is 21.6 Å². The molecule has 0 aromatic heterocycles. The number of rotatable bonds is 55. The largest absolute Gasteiger partial charge is 0.466 e. The summed E-state index contributed by atoms with van der Waals surface area (Å²) in [6, 6.07) is 0. The van der Waals surface area contributed by atoms with Crippen molar-refractivity contribution in [2.45, 2.75) is 297 Å². The average Bonchev–Trinajstić information content (AvgIpc) is 3.44. The molecule has 0 aromatic carbocycles. The van der Waals surface area contributed by atoms with Gasteiger partial charge in [0.05, 0.1) is 26.4 Å². The summed E-state index contributed by atoms with van der Waals surface area (Å²) < 4.78 is 22.8. The van der Waals surface area contributed by atoms with Gasteiger partial charge in [-0.05, 0) is 140 Å². The van der Waals surface area contributed by atoms with Crippen molar-refractivity contribution in [3.8, 4) is 0 Å². The SMILES string of the molecule is CCCCCCCCC(CCCCCC)COC(=O)CCCCCCC(=O)OCCC1CCN(CCSSCCN2CCC(CCOC(=O)CCCCCCC(=O)OCC(CCCCCC)CCCCCCCC)CC2)CC1. The molecule has 0 N–H and O–H groups in total. The Bertz CT molecular complexity index is 1290. The van der Waals surface area contributed by atoms with Crippen molar-refractivity contribution in [1.82, 2.24) is 9.80 Å². The first-order valence-corrected chi connectivity index (χ1v) is 36.1. The van der Waals surface area contributed by atoms with E-state index in [1.807, 2.05) is 21.6 Å². The predicted molar refractivity (Wildman–Crippen MR) is 332 cm³/mol. The van der Waals surface area contributed by atoms with E-state index >= 15 is 0 Å². The number of likely N-dealkylation sites (tertiary alicyclic amines) is 2. The van der Waals surface area contributed by atoms with Gasteiger partial charge in [-0.3, -0.25) is 19.2 Å². The van der Waals surface area contributed by atoms with Gasteiger partial charge in [0.2, 0.25) is 0 Å². The van der Waals surface area contributed by atoms with Crippen LogP contribution in [-0.2, 0) is 38.1 Å². The van der Waals surface area contributed by atoms with Crippen LogP contribution in [0.25, 0.3) is 0 Å². The molecule has 0 aliphatic carbocycles. The number of unbranched alkanes of at least 4 members (excludes halogenated alkanes) is 22. The number of hydrogen-bond donors (Lipinski definition) is 0. The molecule has 10 nitrogen and oxygen atoms in total. The molecule has 458 valence electrons. The Balaban J connectivity index is 1.37. The van der Waals surface area contributed by atoms with E-state index in [4.69, 9.17) is 18.9 Å². The van der Waals surface area contributed by atoms with Gasteiger partial charge in [0.25, 0.3) is 0 Å². The van der Waals surface area contributed by atoms with Crippen LogP contribution in [0.5, 0.6) is 0 Å². The molecule has 0 aromatic rings. The Morgan fingerprint density at radius 1 is 0.372 bits per heavy atom. The van der Waals surface area contributed by atoms with Crippen LogP contribution in [0.3, 0.4) is 0 Å². The Hall–Kier alpha value is -1.50. The van der Waals surface area contributed by atoms with Crippen molar-refractivity contribution >= 4 is 45.5 Å². The van der Waals surface area contributed by atoms with E-state index in [2.05, 4.69) is 37.5 Å². The molecule has 0 spiro atoms. The summed E-state index contributed by atoms with van der Waals surface area (Å²) in [7, 11) is 4.02. The zero-order chi connectivity index (χ0) is 56.2. The van der Waals surface area contributed by atoms with Gasteiger partial charge in [-0.2, -0.15) is 0 Å². The molecule has 2 unspecified atom stereocenters. The summed E-state index contributed by atoms with van der Waals surface area (Å²) in [6.45, 7) is 18.1. The van der Waals surface area contributed by atoms with Gasteiger partial charge in [0.15, 0.2) is 0 Å². The first kappa shape index (κ1) is 72.6. The Kier molecular flexibility index (Phi) is 49.8. The fourth-order valence-corrected chi connectivity index (χ4v) is 13.4. The van der Waals surface area contributed by atoms with Crippen LogP contribution in [-0.4, -0.2) is 111 Å². The highest BCUT2D eigenvalue weighted by atomic mass is 33.1. The van der Waals surface area contributed by atoms with Gasteiger partial charge < -0.3 is 28.7 Å². The summed E-state index contributed by atoms with van der Waals surface area (Å²) >= 11 is 0. The lowest BCUT2D eigenvalue weighted by Gasteiger charge is -2.32. The van der Waals surface area contributed by atoms with E-state index in [1.54, 1.807) is 0 Å². The molecule has 0 bridgehead atoms. The molecule has 12 heteroatoms. The molecule has 2 atom stereocenters. The molecule has 0 amide bonds. The third-order valence-corrected chi connectivity index (χ3v) is 19.3. The molecule has 0 radical (unpaired) electrons. The predicted octanol–water partition coefficient (Wildman–Crippen LogP) is 18.1. The summed E-state index contributed by atoms with van der Waals surface area (Å²) in [5.74, 6) is 4.36. The number of carbonyl (C=O) groups excluding carboxylic acids is 4. The number of esters is 4. The molecule has 2 saturated heterocycles. The maximum atomic E-state index is 12.5. The third-order valence-electron chi connectivity index (χ3n) is 16.9. The molecule has 2 heterocycles. The minimum absolute atomic E-state index is 0.0540. The van der Waals surface area contributed by atoms with Crippen LogP contribution in [0, 0.1) is 23.7 Å². The molecule has 2 aliphatic rings. The minimum atomic E-state index is -0.0759. The van der Waals surface area contributed by atoms with Crippen molar-refractivity contribution < 1.29 is 38.1 Å². The highest BCUT2D eigenvalue weighted by molar-refractivity contribution is 8.76. The van der Waals surface area contributed by atoms with Crippen molar-refractivity contribution in [2.24, 2.45) is 23.7 Å². The molecule has 2 rings (SSSR count). The van der Waals surface area contributed by atoms with Crippen LogP contribution in [0.1, 0.15) is 297 Å². The van der Waals surface area contributed by atoms with E-state index in [9.17, 15) is 19.2 Å². The minimum Gasteiger partial charge on any atom is -0.466 e. The number of hydrogen-bond acceptors (Lipinski definition) is 12. The molecular weight excluding hydrogens is 1010 g/mol. The van der Waals surface area contributed by atoms with Crippen LogP contribution in [0.2, 0.25) is 0 Å². The first-order valence-electron chi connectivity index (χ1n) is 33.6. The molecule has 2 fully saturated rings. The zero-order valence-corrected chi connectivity index (χ0v) is 53.1. The van der Waals surface area contributed by atoms with Gasteiger partial charge in [-0.15, -0.1) is 0 Å². The Morgan fingerprint density at radius 3 is 0.962 bits per heavy atom. The van der Waals surface area contributed by atoms with Crippen molar-refractivity contribution in [1.29, 1.82) is 0 Å². The van der Waals surface area contributed by atoms with Crippen molar-refractivity contribution in [3.05, 3.63) is 0 Å². The second-order valence-corrected chi connectivity index (χ2v) is 26.7. The monoisotopic (exact) mass is 1140 g/mol.